The SMILES string of the molecule is O=C(CN1CCCCCC1=O)Nc1ccc(C(=O)O)c(Cl)c1. The second-order valence-corrected chi connectivity index (χ2v) is 5.58. The molecule has 0 radical (unpaired) electrons. The van der Waals surface area contributed by atoms with Crippen LogP contribution in [0.2, 0.25) is 5.02 Å². The lowest BCUT2D eigenvalue weighted by atomic mass is 10.2. The Morgan fingerprint density at radius 1 is 1.27 bits per heavy atom. The van der Waals surface area contributed by atoms with E-state index in [-0.39, 0.29) is 28.9 Å². The van der Waals surface area contributed by atoms with Crippen LogP contribution in [0.4, 0.5) is 5.69 Å². The summed E-state index contributed by atoms with van der Waals surface area (Å²) in [6, 6.07) is 4.18. The number of likely N-dealkylation sites (tertiary alicyclic amines) is 1. The second kappa shape index (κ2) is 7.26. The Morgan fingerprint density at radius 2 is 2.05 bits per heavy atom. The zero-order chi connectivity index (χ0) is 16.1. The van der Waals surface area contributed by atoms with E-state index < -0.39 is 5.97 Å². The smallest absolute Gasteiger partial charge is 0.337 e. The quantitative estimate of drug-likeness (QED) is 0.890. The minimum atomic E-state index is -1.13. The van der Waals surface area contributed by atoms with Gasteiger partial charge in [0, 0.05) is 18.7 Å². The van der Waals surface area contributed by atoms with Gasteiger partial charge in [-0.1, -0.05) is 18.0 Å². The fraction of sp³-hybridized carbons (Fsp3) is 0.400. The summed E-state index contributed by atoms with van der Waals surface area (Å²) in [5, 5.41) is 11.6. The average molecular weight is 325 g/mol. The van der Waals surface area contributed by atoms with Crippen LogP contribution in [0.25, 0.3) is 0 Å². The molecule has 0 aliphatic carbocycles. The van der Waals surface area contributed by atoms with Gasteiger partial charge in [0.15, 0.2) is 0 Å². The first-order valence-corrected chi connectivity index (χ1v) is 7.45. The van der Waals surface area contributed by atoms with Crippen molar-refractivity contribution in [2.45, 2.75) is 25.7 Å². The van der Waals surface area contributed by atoms with Gasteiger partial charge in [-0.2, -0.15) is 0 Å². The Balaban J connectivity index is 1.98. The molecule has 1 aliphatic heterocycles. The van der Waals surface area contributed by atoms with Gasteiger partial charge in [0.2, 0.25) is 11.8 Å². The van der Waals surface area contributed by atoms with E-state index in [1.54, 1.807) is 4.90 Å². The van der Waals surface area contributed by atoms with E-state index in [2.05, 4.69) is 5.32 Å². The molecule has 1 heterocycles. The third kappa shape index (κ3) is 4.21. The van der Waals surface area contributed by atoms with Crippen molar-refractivity contribution < 1.29 is 19.5 Å². The maximum absolute atomic E-state index is 12.0. The molecule has 0 bridgehead atoms. The molecule has 1 aliphatic rings. The van der Waals surface area contributed by atoms with Crippen molar-refractivity contribution in [2.75, 3.05) is 18.4 Å². The molecule has 2 N–H and O–H groups in total. The summed E-state index contributed by atoms with van der Waals surface area (Å²) < 4.78 is 0. The number of carboxylic acids is 1. The standard InChI is InChI=1S/C15H17ClN2O4/c16-12-8-10(5-6-11(12)15(21)22)17-13(19)9-18-7-3-1-2-4-14(18)20/h5-6,8H,1-4,7,9H2,(H,17,19)(H,21,22). The minimum absolute atomic E-state index is 0.00284. The Hall–Kier alpha value is -2.08. The number of benzene rings is 1. The Labute approximate surface area is 133 Å². The molecular weight excluding hydrogens is 308 g/mol. The molecular formula is C15H17ClN2O4. The Kier molecular flexibility index (Phi) is 5.38. The number of carboxylic acid groups (broad SMARTS) is 1. The summed E-state index contributed by atoms with van der Waals surface area (Å²) in [6.07, 6.45) is 3.24. The van der Waals surface area contributed by atoms with E-state index >= 15 is 0 Å². The molecule has 2 amide bonds. The average Bonchev–Trinajstić information content (AvgIpc) is 2.63. The number of nitrogens with zero attached hydrogens (tertiary/aromatic N) is 1. The number of amides is 2. The van der Waals surface area contributed by atoms with Crippen LogP contribution < -0.4 is 5.32 Å². The highest BCUT2D eigenvalue weighted by Crippen LogP contribution is 2.21. The Morgan fingerprint density at radius 3 is 2.73 bits per heavy atom. The lowest BCUT2D eigenvalue weighted by Crippen LogP contribution is -2.37. The van der Waals surface area contributed by atoms with Crippen molar-refractivity contribution in [3.05, 3.63) is 28.8 Å². The van der Waals surface area contributed by atoms with Crippen molar-refractivity contribution in [2.24, 2.45) is 0 Å². The van der Waals surface area contributed by atoms with Crippen molar-refractivity contribution >= 4 is 35.1 Å². The number of halogens is 1. The molecule has 0 aromatic heterocycles. The van der Waals surface area contributed by atoms with E-state index in [0.717, 1.165) is 19.3 Å². The van der Waals surface area contributed by atoms with Crippen molar-refractivity contribution in [1.29, 1.82) is 0 Å². The van der Waals surface area contributed by atoms with Crippen molar-refractivity contribution in [3.63, 3.8) is 0 Å². The third-order valence-corrected chi connectivity index (χ3v) is 3.80. The predicted octanol–water partition coefficient (Wildman–Crippen LogP) is 2.38. The second-order valence-electron chi connectivity index (χ2n) is 5.17. The van der Waals surface area contributed by atoms with E-state index in [9.17, 15) is 14.4 Å². The highest BCUT2D eigenvalue weighted by atomic mass is 35.5. The van der Waals surface area contributed by atoms with Crippen LogP contribution in [0.1, 0.15) is 36.0 Å². The van der Waals surface area contributed by atoms with Gasteiger partial charge in [-0.3, -0.25) is 9.59 Å². The molecule has 1 aromatic carbocycles. The summed E-state index contributed by atoms with van der Waals surface area (Å²) in [7, 11) is 0. The fourth-order valence-electron chi connectivity index (χ4n) is 2.35. The summed E-state index contributed by atoms with van der Waals surface area (Å²) in [5.74, 6) is -1.46. The van der Waals surface area contributed by atoms with Gasteiger partial charge < -0.3 is 15.3 Å². The molecule has 1 aromatic rings. The van der Waals surface area contributed by atoms with Crippen LogP contribution in [0.3, 0.4) is 0 Å². The number of anilines is 1. The van der Waals surface area contributed by atoms with E-state index in [1.807, 2.05) is 0 Å². The van der Waals surface area contributed by atoms with Gasteiger partial charge in [-0.25, -0.2) is 4.79 Å². The zero-order valence-electron chi connectivity index (χ0n) is 12.0. The van der Waals surface area contributed by atoms with Gasteiger partial charge in [0.05, 0.1) is 17.1 Å². The van der Waals surface area contributed by atoms with Crippen LogP contribution in [0.15, 0.2) is 18.2 Å². The first-order chi connectivity index (χ1) is 10.5. The van der Waals surface area contributed by atoms with Crippen molar-refractivity contribution in [3.8, 4) is 0 Å². The van der Waals surface area contributed by atoms with Crippen LogP contribution in [0, 0.1) is 0 Å². The third-order valence-electron chi connectivity index (χ3n) is 3.49. The summed E-state index contributed by atoms with van der Waals surface area (Å²) >= 11 is 5.85. The summed E-state index contributed by atoms with van der Waals surface area (Å²) in [6.45, 7) is 0.585. The first kappa shape index (κ1) is 16.3. The monoisotopic (exact) mass is 324 g/mol. The molecule has 1 fully saturated rings. The number of rotatable bonds is 4. The van der Waals surface area contributed by atoms with Crippen LogP contribution >= 0.6 is 11.6 Å². The number of carbonyl (C=O) groups excluding carboxylic acids is 2. The molecule has 0 spiro atoms. The largest absolute Gasteiger partial charge is 0.478 e. The summed E-state index contributed by atoms with van der Waals surface area (Å²) in [4.78, 5) is 36.3. The van der Waals surface area contributed by atoms with Gasteiger partial charge >= 0.3 is 5.97 Å². The lowest BCUT2D eigenvalue weighted by molar-refractivity contribution is -0.134. The number of hydrogen-bond donors (Lipinski definition) is 2. The molecule has 7 heteroatoms. The minimum Gasteiger partial charge on any atom is -0.478 e. The lowest BCUT2D eigenvalue weighted by Gasteiger charge is -2.19. The molecule has 22 heavy (non-hydrogen) atoms. The maximum Gasteiger partial charge on any atom is 0.337 e. The van der Waals surface area contributed by atoms with E-state index in [4.69, 9.17) is 16.7 Å². The van der Waals surface area contributed by atoms with Crippen LogP contribution in [-0.4, -0.2) is 40.9 Å². The molecule has 0 unspecified atom stereocenters. The molecule has 1 saturated heterocycles. The fourth-order valence-corrected chi connectivity index (χ4v) is 2.61. The van der Waals surface area contributed by atoms with Crippen LogP contribution in [-0.2, 0) is 9.59 Å². The number of hydrogen-bond acceptors (Lipinski definition) is 3. The number of aromatic carboxylic acids is 1. The first-order valence-electron chi connectivity index (χ1n) is 7.08. The molecule has 6 nitrogen and oxygen atoms in total. The van der Waals surface area contributed by atoms with E-state index in [1.165, 1.54) is 18.2 Å². The highest BCUT2D eigenvalue weighted by Gasteiger charge is 2.19. The van der Waals surface area contributed by atoms with Gasteiger partial charge in [0.25, 0.3) is 0 Å². The van der Waals surface area contributed by atoms with Gasteiger partial charge in [0.1, 0.15) is 0 Å². The molecule has 2 rings (SSSR count). The summed E-state index contributed by atoms with van der Waals surface area (Å²) in [5.41, 5.74) is 0.379. The van der Waals surface area contributed by atoms with Crippen molar-refractivity contribution in [1.82, 2.24) is 4.90 Å². The Bertz CT molecular complexity index is 603. The molecule has 0 saturated carbocycles. The predicted molar refractivity (Wildman–Crippen MR) is 82.1 cm³/mol. The number of carbonyl (C=O) groups is 3. The topological polar surface area (TPSA) is 86.7 Å². The van der Waals surface area contributed by atoms with Crippen LogP contribution in [0.5, 0.6) is 0 Å². The zero-order valence-corrected chi connectivity index (χ0v) is 12.7. The number of nitrogens with one attached hydrogen (secondary N) is 1. The highest BCUT2D eigenvalue weighted by molar-refractivity contribution is 6.33. The van der Waals surface area contributed by atoms with Gasteiger partial charge in [-0.05, 0) is 31.0 Å². The van der Waals surface area contributed by atoms with E-state index in [0.29, 0.717) is 18.7 Å². The maximum atomic E-state index is 12.0. The normalized spacial score (nSPS) is 15.3. The molecule has 0 atom stereocenters. The van der Waals surface area contributed by atoms with Gasteiger partial charge in [-0.15, -0.1) is 0 Å². The molecule has 118 valence electrons.